The fourth-order valence-corrected chi connectivity index (χ4v) is 2.10. The molecule has 1 aromatic rings. The highest BCUT2D eigenvalue weighted by Gasteiger charge is 2.16. The van der Waals surface area contributed by atoms with E-state index >= 15 is 0 Å². The minimum Gasteiger partial charge on any atom is -0.492 e. The molecule has 0 aliphatic rings. The first-order valence-corrected chi connectivity index (χ1v) is 7.01. The number of benzene rings is 1. The first-order valence-electron chi connectivity index (χ1n) is 6.25. The van der Waals surface area contributed by atoms with Gasteiger partial charge >= 0.3 is 0 Å². The second kappa shape index (κ2) is 6.65. The van der Waals surface area contributed by atoms with Crippen molar-refractivity contribution in [3.63, 3.8) is 0 Å². The highest BCUT2D eigenvalue weighted by Crippen LogP contribution is 2.32. The molecule has 0 saturated heterocycles. The molecule has 0 atom stereocenters. The number of hydrogen-bond donors (Lipinski definition) is 1. The molecule has 0 spiro atoms. The van der Waals surface area contributed by atoms with Crippen molar-refractivity contribution in [3.8, 4) is 5.75 Å². The molecule has 0 saturated carbocycles. The van der Waals surface area contributed by atoms with E-state index in [9.17, 15) is 0 Å². The van der Waals surface area contributed by atoms with Gasteiger partial charge in [-0.2, -0.15) is 0 Å². The minimum atomic E-state index is 0.0816. The SMILES string of the molecule is CCOc1c(Cl)cc(Cl)cc1CNC(C)(C)CC. The molecule has 102 valence electrons. The van der Waals surface area contributed by atoms with Gasteiger partial charge in [0.2, 0.25) is 0 Å². The van der Waals surface area contributed by atoms with Crippen molar-refractivity contribution in [2.24, 2.45) is 0 Å². The average Bonchev–Trinajstić information content (AvgIpc) is 2.30. The minimum absolute atomic E-state index is 0.0816. The van der Waals surface area contributed by atoms with Crippen molar-refractivity contribution < 1.29 is 4.74 Å². The highest BCUT2D eigenvalue weighted by molar-refractivity contribution is 6.35. The molecule has 2 nitrogen and oxygen atoms in total. The number of nitrogens with one attached hydrogen (secondary N) is 1. The largest absolute Gasteiger partial charge is 0.492 e. The molecule has 0 aliphatic carbocycles. The van der Waals surface area contributed by atoms with Crippen LogP contribution >= 0.6 is 23.2 Å². The zero-order valence-corrected chi connectivity index (χ0v) is 13.0. The lowest BCUT2D eigenvalue weighted by molar-refractivity contribution is 0.328. The van der Waals surface area contributed by atoms with Gasteiger partial charge in [-0.1, -0.05) is 30.1 Å². The predicted molar refractivity (Wildman–Crippen MR) is 78.8 cm³/mol. The zero-order valence-electron chi connectivity index (χ0n) is 11.4. The summed E-state index contributed by atoms with van der Waals surface area (Å²) in [6.45, 7) is 9.71. The van der Waals surface area contributed by atoms with Crippen molar-refractivity contribution in [2.45, 2.75) is 46.2 Å². The van der Waals surface area contributed by atoms with Gasteiger partial charge in [0.1, 0.15) is 5.75 Å². The van der Waals surface area contributed by atoms with E-state index in [0.29, 0.717) is 23.2 Å². The van der Waals surface area contributed by atoms with E-state index in [2.05, 4.69) is 26.1 Å². The Kier molecular flexibility index (Phi) is 5.77. The lowest BCUT2D eigenvalue weighted by Gasteiger charge is -2.25. The predicted octanol–water partition coefficient (Wildman–Crippen LogP) is 4.67. The monoisotopic (exact) mass is 289 g/mol. The Morgan fingerprint density at radius 3 is 2.44 bits per heavy atom. The number of hydrogen-bond acceptors (Lipinski definition) is 2. The first kappa shape index (κ1) is 15.6. The third-order valence-electron chi connectivity index (χ3n) is 3.02. The maximum Gasteiger partial charge on any atom is 0.142 e. The van der Waals surface area contributed by atoms with Crippen LogP contribution in [0.2, 0.25) is 10.0 Å². The van der Waals surface area contributed by atoms with Crippen molar-refractivity contribution in [1.82, 2.24) is 5.32 Å². The Morgan fingerprint density at radius 2 is 1.89 bits per heavy atom. The molecule has 18 heavy (non-hydrogen) atoms. The van der Waals surface area contributed by atoms with E-state index in [4.69, 9.17) is 27.9 Å². The van der Waals surface area contributed by atoms with Crippen LogP contribution in [0.25, 0.3) is 0 Å². The van der Waals surface area contributed by atoms with Gasteiger partial charge in [-0.05, 0) is 39.3 Å². The first-order chi connectivity index (χ1) is 8.39. The maximum atomic E-state index is 6.16. The summed E-state index contributed by atoms with van der Waals surface area (Å²) in [5, 5.41) is 4.68. The molecule has 4 heteroatoms. The van der Waals surface area contributed by atoms with Crippen molar-refractivity contribution in [2.75, 3.05) is 6.61 Å². The molecule has 0 aromatic heterocycles. The summed E-state index contributed by atoms with van der Waals surface area (Å²) < 4.78 is 5.59. The van der Waals surface area contributed by atoms with Crippen LogP contribution < -0.4 is 10.1 Å². The van der Waals surface area contributed by atoms with Gasteiger partial charge in [-0.3, -0.25) is 0 Å². The quantitative estimate of drug-likeness (QED) is 0.822. The van der Waals surface area contributed by atoms with Gasteiger partial charge in [0, 0.05) is 22.7 Å². The summed E-state index contributed by atoms with van der Waals surface area (Å²) in [4.78, 5) is 0. The molecule has 0 heterocycles. The second-order valence-corrected chi connectivity index (χ2v) is 5.74. The number of ether oxygens (including phenoxy) is 1. The van der Waals surface area contributed by atoms with E-state index in [-0.39, 0.29) is 5.54 Å². The lowest BCUT2D eigenvalue weighted by Crippen LogP contribution is -2.37. The van der Waals surface area contributed by atoms with E-state index < -0.39 is 0 Å². The summed E-state index contributed by atoms with van der Waals surface area (Å²) in [6, 6.07) is 3.61. The summed E-state index contributed by atoms with van der Waals surface area (Å²) in [7, 11) is 0. The molecule has 1 rings (SSSR count). The summed E-state index contributed by atoms with van der Waals surface area (Å²) >= 11 is 12.2. The Labute approximate surface area is 120 Å². The fraction of sp³-hybridized carbons (Fsp3) is 0.571. The second-order valence-electron chi connectivity index (χ2n) is 4.90. The topological polar surface area (TPSA) is 21.3 Å². The molecule has 0 fully saturated rings. The molecular weight excluding hydrogens is 269 g/mol. The van der Waals surface area contributed by atoms with Crippen molar-refractivity contribution in [3.05, 3.63) is 27.7 Å². The van der Waals surface area contributed by atoms with Crippen LogP contribution in [0.4, 0.5) is 0 Å². The summed E-state index contributed by atoms with van der Waals surface area (Å²) in [5.41, 5.74) is 1.08. The van der Waals surface area contributed by atoms with Crippen LogP contribution in [0, 0.1) is 0 Å². The molecule has 0 bridgehead atoms. The van der Waals surface area contributed by atoms with Crippen LogP contribution in [-0.4, -0.2) is 12.1 Å². The van der Waals surface area contributed by atoms with E-state index in [1.165, 1.54) is 0 Å². The van der Waals surface area contributed by atoms with Gasteiger partial charge in [-0.15, -0.1) is 0 Å². The molecule has 0 unspecified atom stereocenters. The van der Waals surface area contributed by atoms with Crippen LogP contribution in [0.1, 0.15) is 39.7 Å². The van der Waals surface area contributed by atoms with Gasteiger partial charge < -0.3 is 10.1 Å². The fourth-order valence-electron chi connectivity index (χ4n) is 1.51. The Balaban J connectivity index is 2.92. The number of rotatable bonds is 6. The average molecular weight is 290 g/mol. The van der Waals surface area contributed by atoms with Crippen LogP contribution in [-0.2, 0) is 6.54 Å². The van der Waals surface area contributed by atoms with Gasteiger partial charge in [0.05, 0.1) is 11.6 Å². The summed E-state index contributed by atoms with van der Waals surface area (Å²) in [5.74, 6) is 0.725. The standard InChI is InChI=1S/C14H21Cl2NO/c1-5-14(3,4)17-9-10-7-11(15)8-12(16)13(10)18-6-2/h7-8,17H,5-6,9H2,1-4H3. The molecule has 1 N–H and O–H groups in total. The van der Waals surface area contributed by atoms with Crippen molar-refractivity contribution in [1.29, 1.82) is 0 Å². The van der Waals surface area contributed by atoms with Gasteiger partial charge in [0.25, 0.3) is 0 Å². The molecule has 0 radical (unpaired) electrons. The smallest absolute Gasteiger partial charge is 0.142 e. The highest BCUT2D eigenvalue weighted by atomic mass is 35.5. The summed E-state index contributed by atoms with van der Waals surface area (Å²) in [6.07, 6.45) is 1.05. The molecule has 0 aliphatic heterocycles. The Hall–Kier alpha value is -0.440. The maximum absolute atomic E-state index is 6.16. The number of halogens is 2. The molecule has 1 aromatic carbocycles. The van der Waals surface area contributed by atoms with Gasteiger partial charge in [-0.25, -0.2) is 0 Å². The van der Waals surface area contributed by atoms with Crippen LogP contribution in [0.3, 0.4) is 0 Å². The van der Waals surface area contributed by atoms with E-state index in [1.807, 2.05) is 13.0 Å². The van der Waals surface area contributed by atoms with E-state index in [0.717, 1.165) is 17.7 Å². The van der Waals surface area contributed by atoms with Crippen LogP contribution in [0.5, 0.6) is 5.75 Å². The lowest BCUT2D eigenvalue weighted by atomic mass is 10.0. The third kappa shape index (κ3) is 4.34. The van der Waals surface area contributed by atoms with Gasteiger partial charge in [0.15, 0.2) is 0 Å². The van der Waals surface area contributed by atoms with Crippen LogP contribution in [0.15, 0.2) is 12.1 Å². The molecular formula is C14H21Cl2NO. The Bertz CT molecular complexity index is 405. The van der Waals surface area contributed by atoms with E-state index in [1.54, 1.807) is 6.07 Å². The normalized spacial score (nSPS) is 11.7. The Morgan fingerprint density at radius 1 is 1.22 bits per heavy atom. The van der Waals surface area contributed by atoms with Crippen molar-refractivity contribution >= 4 is 23.2 Å². The molecule has 0 amide bonds. The zero-order chi connectivity index (χ0) is 13.8. The third-order valence-corrected chi connectivity index (χ3v) is 3.51.